The van der Waals surface area contributed by atoms with Crippen molar-refractivity contribution in [2.45, 2.75) is 0 Å². The molecule has 0 amide bonds. The Morgan fingerprint density at radius 3 is 2.83 bits per heavy atom. The Labute approximate surface area is 113 Å². The molecule has 0 aliphatic rings. The number of aromatic nitrogens is 1. The molecule has 90 valence electrons. The highest BCUT2D eigenvalue weighted by atomic mass is 35.5. The molecule has 3 aromatic rings. The van der Waals surface area contributed by atoms with Gasteiger partial charge in [-0.3, -0.25) is 0 Å². The average Bonchev–Trinajstić information content (AvgIpc) is 2.76. The van der Waals surface area contributed by atoms with E-state index >= 15 is 0 Å². The number of hydrogen-bond donors (Lipinski definition) is 1. The van der Waals surface area contributed by atoms with Gasteiger partial charge in [-0.15, -0.1) is 0 Å². The number of benzene rings is 2. The Morgan fingerprint density at radius 1 is 1.17 bits per heavy atom. The molecule has 0 saturated heterocycles. The Morgan fingerprint density at radius 2 is 2.00 bits per heavy atom. The summed E-state index contributed by atoms with van der Waals surface area (Å²) in [6, 6.07) is 13.0. The van der Waals surface area contributed by atoms with E-state index in [9.17, 15) is 0 Å². The van der Waals surface area contributed by atoms with Gasteiger partial charge in [0, 0.05) is 16.6 Å². The molecule has 0 aliphatic carbocycles. The van der Waals surface area contributed by atoms with Crippen LogP contribution in [0.3, 0.4) is 0 Å². The van der Waals surface area contributed by atoms with Gasteiger partial charge in [0.1, 0.15) is 0 Å². The fraction of sp³-hybridized carbons (Fsp3) is 0. The van der Waals surface area contributed by atoms with E-state index in [2.05, 4.69) is 4.37 Å². The average molecular weight is 277 g/mol. The summed E-state index contributed by atoms with van der Waals surface area (Å²) in [6.45, 7) is 0. The maximum atomic E-state index is 5.86. The van der Waals surface area contributed by atoms with Gasteiger partial charge in [-0.25, -0.2) is 0 Å². The summed E-state index contributed by atoms with van der Waals surface area (Å²) >= 11 is 7.16. The SMILES string of the molecule is Nc1cc(Cl)ccc1Oc1snc2ccccc12. The summed E-state index contributed by atoms with van der Waals surface area (Å²) in [6.07, 6.45) is 0. The van der Waals surface area contributed by atoms with E-state index in [0.717, 1.165) is 16.0 Å². The molecule has 0 atom stereocenters. The van der Waals surface area contributed by atoms with E-state index in [0.29, 0.717) is 16.5 Å². The van der Waals surface area contributed by atoms with Gasteiger partial charge in [-0.2, -0.15) is 4.37 Å². The molecule has 0 radical (unpaired) electrons. The molecule has 1 heterocycles. The summed E-state index contributed by atoms with van der Waals surface area (Å²) in [5.74, 6) is 0.591. The number of nitrogen functional groups attached to an aromatic ring is 1. The second-order valence-electron chi connectivity index (χ2n) is 3.77. The molecule has 3 nitrogen and oxygen atoms in total. The Kier molecular flexibility index (Phi) is 2.81. The van der Waals surface area contributed by atoms with Crippen LogP contribution in [0.25, 0.3) is 10.9 Å². The van der Waals surface area contributed by atoms with Crippen LogP contribution in [0.1, 0.15) is 0 Å². The topological polar surface area (TPSA) is 48.1 Å². The largest absolute Gasteiger partial charge is 0.442 e. The van der Waals surface area contributed by atoms with Gasteiger partial charge in [-0.1, -0.05) is 23.7 Å². The molecule has 0 spiro atoms. The highest BCUT2D eigenvalue weighted by molar-refractivity contribution is 7.09. The summed E-state index contributed by atoms with van der Waals surface area (Å²) < 4.78 is 10.1. The molecule has 0 fully saturated rings. The van der Waals surface area contributed by atoms with Crippen molar-refractivity contribution in [2.24, 2.45) is 0 Å². The van der Waals surface area contributed by atoms with Crippen molar-refractivity contribution in [3.05, 3.63) is 47.5 Å². The van der Waals surface area contributed by atoms with E-state index in [4.69, 9.17) is 22.1 Å². The van der Waals surface area contributed by atoms with Crippen molar-refractivity contribution in [3.8, 4) is 10.8 Å². The first-order chi connectivity index (χ1) is 8.74. The van der Waals surface area contributed by atoms with Crippen LogP contribution in [0.5, 0.6) is 10.8 Å². The minimum atomic E-state index is 0.514. The zero-order valence-electron chi connectivity index (χ0n) is 9.26. The summed E-state index contributed by atoms with van der Waals surface area (Å²) in [7, 11) is 0. The minimum Gasteiger partial charge on any atom is -0.442 e. The number of rotatable bonds is 2. The molecule has 3 rings (SSSR count). The summed E-state index contributed by atoms with van der Waals surface area (Å²) in [5.41, 5.74) is 7.29. The molecule has 18 heavy (non-hydrogen) atoms. The standard InChI is InChI=1S/C13H9ClN2OS/c14-8-5-6-12(10(15)7-8)17-13-9-3-1-2-4-11(9)16-18-13/h1-7H,15H2. The second kappa shape index (κ2) is 4.48. The maximum Gasteiger partial charge on any atom is 0.208 e. The third-order valence-electron chi connectivity index (χ3n) is 2.53. The van der Waals surface area contributed by atoms with Crippen LogP contribution in [-0.2, 0) is 0 Å². The van der Waals surface area contributed by atoms with E-state index in [-0.39, 0.29) is 0 Å². The van der Waals surface area contributed by atoms with E-state index < -0.39 is 0 Å². The monoisotopic (exact) mass is 276 g/mol. The molecular formula is C13H9ClN2OS. The highest BCUT2D eigenvalue weighted by Gasteiger charge is 2.09. The number of nitrogens with zero attached hydrogens (tertiary/aromatic N) is 1. The molecule has 0 bridgehead atoms. The Bertz CT molecular complexity index is 711. The lowest BCUT2D eigenvalue weighted by Gasteiger charge is -2.06. The van der Waals surface area contributed by atoms with Gasteiger partial charge in [0.05, 0.1) is 16.6 Å². The van der Waals surface area contributed by atoms with Gasteiger partial charge in [-0.05, 0) is 30.3 Å². The van der Waals surface area contributed by atoms with Crippen molar-refractivity contribution >= 4 is 39.7 Å². The van der Waals surface area contributed by atoms with Crippen LogP contribution >= 0.6 is 23.1 Å². The van der Waals surface area contributed by atoms with Crippen LogP contribution < -0.4 is 10.5 Å². The molecule has 5 heteroatoms. The predicted octanol–water partition coefficient (Wildman–Crippen LogP) is 4.32. The minimum absolute atomic E-state index is 0.514. The van der Waals surface area contributed by atoms with Gasteiger partial charge in [0.25, 0.3) is 0 Å². The molecule has 0 aliphatic heterocycles. The molecule has 2 aromatic carbocycles. The first-order valence-corrected chi connectivity index (χ1v) is 6.46. The van der Waals surface area contributed by atoms with Crippen molar-refractivity contribution in [1.29, 1.82) is 0 Å². The molecule has 1 aromatic heterocycles. The van der Waals surface area contributed by atoms with E-state index in [1.165, 1.54) is 11.5 Å². The lowest BCUT2D eigenvalue weighted by atomic mass is 10.2. The quantitative estimate of drug-likeness (QED) is 0.709. The molecule has 2 N–H and O–H groups in total. The molecule has 0 unspecified atom stereocenters. The fourth-order valence-corrected chi connectivity index (χ4v) is 2.57. The van der Waals surface area contributed by atoms with E-state index in [1.807, 2.05) is 24.3 Å². The molecular weight excluding hydrogens is 268 g/mol. The van der Waals surface area contributed by atoms with Gasteiger partial charge in [0.2, 0.25) is 5.06 Å². The zero-order chi connectivity index (χ0) is 12.5. The molecule has 0 saturated carbocycles. The predicted molar refractivity (Wildman–Crippen MR) is 75.6 cm³/mol. The number of nitrogens with two attached hydrogens (primary N) is 1. The van der Waals surface area contributed by atoms with Crippen molar-refractivity contribution in [1.82, 2.24) is 4.37 Å². The lowest BCUT2D eigenvalue weighted by Crippen LogP contribution is -1.90. The van der Waals surface area contributed by atoms with Gasteiger partial charge < -0.3 is 10.5 Å². The fourth-order valence-electron chi connectivity index (χ4n) is 1.65. The number of hydrogen-bond acceptors (Lipinski definition) is 4. The highest BCUT2D eigenvalue weighted by Crippen LogP contribution is 2.36. The Balaban J connectivity index is 2.01. The number of fused-ring (bicyclic) bond motifs is 1. The third kappa shape index (κ3) is 2.00. The number of anilines is 1. The van der Waals surface area contributed by atoms with Crippen LogP contribution in [-0.4, -0.2) is 4.37 Å². The lowest BCUT2D eigenvalue weighted by molar-refractivity contribution is 0.504. The summed E-state index contributed by atoms with van der Waals surface area (Å²) in [5, 5.41) is 2.31. The normalized spacial score (nSPS) is 10.7. The van der Waals surface area contributed by atoms with E-state index in [1.54, 1.807) is 18.2 Å². The first-order valence-electron chi connectivity index (χ1n) is 5.31. The van der Waals surface area contributed by atoms with Crippen molar-refractivity contribution in [3.63, 3.8) is 0 Å². The third-order valence-corrected chi connectivity index (χ3v) is 3.52. The number of halogens is 1. The second-order valence-corrected chi connectivity index (χ2v) is 4.94. The number of ether oxygens (including phenoxy) is 1. The first kappa shape index (κ1) is 11.3. The van der Waals surface area contributed by atoms with Crippen LogP contribution in [0, 0.1) is 0 Å². The van der Waals surface area contributed by atoms with Crippen LogP contribution in [0.15, 0.2) is 42.5 Å². The summed E-state index contributed by atoms with van der Waals surface area (Å²) in [4.78, 5) is 0. The van der Waals surface area contributed by atoms with Crippen molar-refractivity contribution < 1.29 is 4.74 Å². The smallest absolute Gasteiger partial charge is 0.208 e. The van der Waals surface area contributed by atoms with Gasteiger partial charge in [0.15, 0.2) is 5.75 Å². The van der Waals surface area contributed by atoms with Crippen molar-refractivity contribution in [2.75, 3.05) is 5.73 Å². The Hall–Kier alpha value is -1.78. The van der Waals surface area contributed by atoms with Gasteiger partial charge >= 0.3 is 0 Å². The van der Waals surface area contributed by atoms with Crippen LogP contribution in [0.2, 0.25) is 5.02 Å². The maximum absolute atomic E-state index is 5.86. The zero-order valence-corrected chi connectivity index (χ0v) is 10.8. The van der Waals surface area contributed by atoms with Crippen LogP contribution in [0.4, 0.5) is 5.69 Å².